The standard InChI is InChI=1S/C42H47F2N5O6S/c1-4-29-31(43)10-9-24-18-28(50)19-30(33(24)29)36-35(44)37-34(39(45-36)54-3)38(48-14-6-11-41(2,51)22-48)47-40(46-37)55-23-42-12-5-8-32(42)49(15-7-13-42)27-16-25-20-56(52,53)21-26(25)17-27/h1,9-10,18-19,25-27,32,50-51H,5-8,11-17,20-23H2,2-3H3/t25-,26+,27?,32-,41-,42-/m1/s1. The SMILES string of the molecule is C#Cc1c(F)ccc2cc(O)cc(-c3nc(OC)c4c(N5CCC[C@@](C)(O)C5)nc(OC[C@]56CCC[C@H]5N(C5C[C@@H]7CS(=O)(=O)C[C@@H]7C5)CCC6)nc4c3F)c12. The number of nitrogens with zero attached hydrogens (tertiary/aromatic N) is 5. The van der Waals surface area contributed by atoms with Gasteiger partial charge in [0, 0.05) is 41.5 Å². The van der Waals surface area contributed by atoms with Crippen LogP contribution in [0.25, 0.3) is 32.9 Å². The van der Waals surface area contributed by atoms with E-state index >= 15 is 8.78 Å². The fourth-order valence-corrected chi connectivity index (χ4v) is 13.3. The van der Waals surface area contributed by atoms with Crippen molar-refractivity contribution < 1.29 is 36.9 Å². The zero-order chi connectivity index (χ0) is 39.1. The average Bonchev–Trinajstić information content (AvgIpc) is 3.84. The highest BCUT2D eigenvalue weighted by molar-refractivity contribution is 7.91. The van der Waals surface area contributed by atoms with Gasteiger partial charge >= 0.3 is 6.01 Å². The Labute approximate surface area is 325 Å². The lowest BCUT2D eigenvalue weighted by molar-refractivity contribution is -0.0224. The van der Waals surface area contributed by atoms with Crippen LogP contribution >= 0.6 is 0 Å². The lowest BCUT2D eigenvalue weighted by Gasteiger charge is -2.48. The van der Waals surface area contributed by atoms with Crippen LogP contribution in [0.2, 0.25) is 0 Å². The number of anilines is 1. The number of aromatic nitrogens is 3. The number of hydrogen-bond donors (Lipinski definition) is 2. The molecule has 0 amide bonds. The summed E-state index contributed by atoms with van der Waals surface area (Å²) in [7, 11) is -1.54. The van der Waals surface area contributed by atoms with E-state index in [9.17, 15) is 18.6 Å². The summed E-state index contributed by atoms with van der Waals surface area (Å²) in [6, 6.07) is 5.98. The maximum Gasteiger partial charge on any atom is 0.319 e. The fraction of sp³-hybridized carbons (Fsp3) is 0.548. The Morgan fingerprint density at radius 1 is 1.02 bits per heavy atom. The predicted molar refractivity (Wildman–Crippen MR) is 209 cm³/mol. The highest BCUT2D eigenvalue weighted by Crippen LogP contribution is 2.52. The molecular weight excluding hydrogens is 741 g/mol. The zero-order valence-electron chi connectivity index (χ0n) is 31.7. The number of methoxy groups -OCH3 is 1. The summed E-state index contributed by atoms with van der Waals surface area (Å²) < 4.78 is 69.5. The van der Waals surface area contributed by atoms with Crippen molar-refractivity contribution >= 4 is 37.3 Å². The third-order valence-electron chi connectivity index (χ3n) is 13.4. The van der Waals surface area contributed by atoms with E-state index < -0.39 is 27.1 Å². The molecule has 2 saturated carbocycles. The smallest absolute Gasteiger partial charge is 0.319 e. The number of pyridine rings is 1. The Morgan fingerprint density at radius 3 is 2.50 bits per heavy atom. The molecule has 56 heavy (non-hydrogen) atoms. The predicted octanol–water partition coefficient (Wildman–Crippen LogP) is 6.01. The van der Waals surface area contributed by atoms with Gasteiger partial charge in [-0.3, -0.25) is 4.90 Å². The largest absolute Gasteiger partial charge is 0.508 e. The van der Waals surface area contributed by atoms with Gasteiger partial charge in [0.05, 0.1) is 36.4 Å². The van der Waals surface area contributed by atoms with Crippen molar-refractivity contribution in [2.24, 2.45) is 17.3 Å². The van der Waals surface area contributed by atoms with Crippen molar-refractivity contribution in [3.63, 3.8) is 0 Å². The van der Waals surface area contributed by atoms with Crippen LogP contribution in [0, 0.1) is 41.2 Å². The maximum atomic E-state index is 17.3. The van der Waals surface area contributed by atoms with Crippen LogP contribution in [0.5, 0.6) is 17.6 Å². The van der Waals surface area contributed by atoms with Crippen molar-refractivity contribution in [3.8, 4) is 41.2 Å². The number of hydrogen-bond acceptors (Lipinski definition) is 11. The van der Waals surface area contributed by atoms with E-state index in [0.717, 1.165) is 51.5 Å². The first-order valence-electron chi connectivity index (χ1n) is 19.7. The van der Waals surface area contributed by atoms with Gasteiger partial charge in [0.15, 0.2) is 15.7 Å². The molecule has 1 unspecified atom stereocenters. The number of likely N-dealkylation sites (tertiary alicyclic amines) is 1. The summed E-state index contributed by atoms with van der Waals surface area (Å²) in [6.45, 7) is 3.81. The van der Waals surface area contributed by atoms with Gasteiger partial charge in [-0.2, -0.15) is 9.97 Å². The molecule has 5 fully saturated rings. The second-order valence-electron chi connectivity index (χ2n) is 17.1. The topological polar surface area (TPSA) is 138 Å². The number of piperidine rings is 2. The first-order valence-corrected chi connectivity index (χ1v) is 21.5. The molecule has 0 spiro atoms. The summed E-state index contributed by atoms with van der Waals surface area (Å²) in [4.78, 5) is 18.7. The molecule has 9 rings (SSSR count). The third-order valence-corrected chi connectivity index (χ3v) is 15.3. The Bertz CT molecular complexity index is 2390. The van der Waals surface area contributed by atoms with Crippen LogP contribution in [0.3, 0.4) is 0 Å². The Hall–Kier alpha value is -4.32. The first kappa shape index (κ1) is 37.3. The van der Waals surface area contributed by atoms with Crippen LogP contribution in [0.4, 0.5) is 14.6 Å². The average molecular weight is 788 g/mol. The zero-order valence-corrected chi connectivity index (χ0v) is 32.5. The number of aromatic hydroxyl groups is 1. The molecule has 2 aliphatic carbocycles. The van der Waals surface area contributed by atoms with Crippen molar-refractivity contribution in [1.29, 1.82) is 0 Å². The number of aliphatic hydroxyl groups is 1. The molecule has 0 radical (unpaired) electrons. The minimum atomic E-state index is -2.95. The molecule has 296 valence electrons. The summed E-state index contributed by atoms with van der Waals surface area (Å²) in [6.07, 6.45) is 13.8. The number of ether oxygens (including phenoxy) is 2. The molecule has 2 aromatic heterocycles. The number of terminal acetylenes is 1. The number of fused-ring (bicyclic) bond motifs is 4. The van der Waals surface area contributed by atoms with Crippen LogP contribution < -0.4 is 14.4 Å². The van der Waals surface area contributed by atoms with Gasteiger partial charge in [-0.1, -0.05) is 18.4 Å². The Kier molecular flexibility index (Phi) is 9.09. The molecular formula is C42H47F2N5O6S. The van der Waals surface area contributed by atoms with Crippen molar-refractivity contribution in [1.82, 2.24) is 19.9 Å². The summed E-state index contributed by atoms with van der Waals surface area (Å²) in [5.74, 6) is 2.06. The van der Waals surface area contributed by atoms with E-state index in [1.807, 2.05) is 4.90 Å². The number of β-amino-alcohol motifs (C(OH)–C–C–N with tert-alkyl or cyclic N) is 1. The van der Waals surface area contributed by atoms with Gasteiger partial charge in [0.25, 0.3) is 0 Å². The van der Waals surface area contributed by atoms with Crippen LogP contribution in [0.1, 0.15) is 70.3 Å². The lowest BCUT2D eigenvalue weighted by atomic mass is 9.75. The molecule has 5 aliphatic rings. The molecule has 4 aromatic rings. The summed E-state index contributed by atoms with van der Waals surface area (Å²) in [5.41, 5.74) is -1.62. The number of sulfone groups is 1. The highest BCUT2D eigenvalue weighted by atomic mass is 32.2. The van der Waals surface area contributed by atoms with Gasteiger partial charge in [-0.05, 0) is 100 Å². The lowest BCUT2D eigenvalue weighted by Crippen LogP contribution is -2.55. The van der Waals surface area contributed by atoms with Gasteiger partial charge in [-0.15, -0.1) is 6.42 Å². The molecule has 2 N–H and O–H groups in total. The van der Waals surface area contributed by atoms with Crippen LogP contribution in [0.15, 0.2) is 24.3 Å². The van der Waals surface area contributed by atoms with E-state index in [-0.39, 0.29) is 80.6 Å². The van der Waals surface area contributed by atoms with Gasteiger partial charge < -0.3 is 24.6 Å². The Balaban J connectivity index is 1.13. The van der Waals surface area contributed by atoms with Gasteiger partial charge in [-0.25, -0.2) is 22.2 Å². The number of benzene rings is 2. The second kappa shape index (κ2) is 13.7. The van der Waals surface area contributed by atoms with Crippen LogP contribution in [-0.2, 0) is 9.84 Å². The van der Waals surface area contributed by atoms with Gasteiger partial charge in [0.1, 0.15) is 34.0 Å². The highest BCUT2D eigenvalue weighted by Gasteiger charge is 2.53. The number of halogens is 2. The third kappa shape index (κ3) is 6.30. The Morgan fingerprint density at radius 2 is 1.77 bits per heavy atom. The molecule has 0 bridgehead atoms. The van der Waals surface area contributed by atoms with E-state index in [2.05, 4.69) is 15.8 Å². The molecule has 3 saturated heterocycles. The second-order valence-corrected chi connectivity index (χ2v) is 19.3. The van der Waals surface area contributed by atoms with Crippen molar-refractivity contribution in [3.05, 3.63) is 41.5 Å². The minimum Gasteiger partial charge on any atom is -0.508 e. The normalized spacial score (nSPS) is 30.0. The molecule has 6 atom stereocenters. The van der Waals surface area contributed by atoms with E-state index in [4.69, 9.17) is 25.9 Å². The minimum absolute atomic E-state index is 0.00447. The number of phenolic OH excluding ortho intramolecular Hbond substituents is 1. The summed E-state index contributed by atoms with van der Waals surface area (Å²) >= 11 is 0. The number of phenols is 1. The van der Waals surface area contributed by atoms with Gasteiger partial charge in [0.2, 0.25) is 5.88 Å². The number of rotatable bonds is 7. The fourth-order valence-electron chi connectivity index (χ4n) is 11.0. The molecule has 11 nitrogen and oxygen atoms in total. The van der Waals surface area contributed by atoms with E-state index in [0.29, 0.717) is 54.7 Å². The maximum absolute atomic E-state index is 17.3. The molecule has 3 aliphatic heterocycles. The summed E-state index contributed by atoms with van der Waals surface area (Å²) in [5, 5.41) is 22.7. The molecule has 2 aromatic carbocycles. The molecule has 5 heterocycles. The molecule has 14 heteroatoms. The van der Waals surface area contributed by atoms with E-state index in [1.54, 1.807) is 6.92 Å². The monoisotopic (exact) mass is 787 g/mol. The van der Waals surface area contributed by atoms with Crippen molar-refractivity contribution in [2.45, 2.75) is 82.4 Å². The quantitative estimate of drug-likeness (QED) is 0.213. The van der Waals surface area contributed by atoms with Crippen LogP contribution in [-0.4, -0.2) is 101 Å². The first-order chi connectivity index (χ1) is 26.8. The van der Waals surface area contributed by atoms with Crippen molar-refractivity contribution in [2.75, 3.05) is 49.8 Å². The van der Waals surface area contributed by atoms with E-state index in [1.165, 1.54) is 31.4 Å².